The number of aryl methyl sites for hydroxylation is 2. The van der Waals surface area contributed by atoms with E-state index in [0.717, 1.165) is 44.5 Å². The summed E-state index contributed by atoms with van der Waals surface area (Å²) in [6, 6.07) is 11.7. The largest absolute Gasteiger partial charge is 0.302 e. The van der Waals surface area contributed by atoms with E-state index in [9.17, 15) is 0 Å². The number of likely N-dealkylation sites (tertiary alicyclic amines) is 1. The number of fused-ring (bicyclic) bond motifs is 1. The maximum atomic E-state index is 8.93. The molecule has 0 saturated carbocycles. The first-order chi connectivity index (χ1) is 17.5. The molecule has 0 radical (unpaired) electrons. The highest BCUT2D eigenvalue weighted by Gasteiger charge is 2.23. The van der Waals surface area contributed by atoms with Gasteiger partial charge in [-0.15, -0.1) is 0 Å². The van der Waals surface area contributed by atoms with Crippen molar-refractivity contribution in [2.75, 3.05) is 19.6 Å². The number of pyridine rings is 1. The van der Waals surface area contributed by atoms with Crippen LogP contribution in [0.5, 0.6) is 0 Å². The molecule has 1 fully saturated rings. The molecule has 3 heterocycles. The van der Waals surface area contributed by atoms with Crippen LogP contribution in [0.2, 0.25) is 0 Å². The van der Waals surface area contributed by atoms with Gasteiger partial charge in [-0.25, -0.2) is 9.50 Å². The van der Waals surface area contributed by atoms with Crippen molar-refractivity contribution >= 4 is 16.8 Å². The summed E-state index contributed by atoms with van der Waals surface area (Å²) >= 11 is 0. The van der Waals surface area contributed by atoms with Gasteiger partial charge in [0.1, 0.15) is 6.33 Å². The molecule has 1 aliphatic heterocycles. The second-order valence-electron chi connectivity index (χ2n) is 10.5. The highest BCUT2D eigenvalue weighted by molar-refractivity contribution is 5.93. The van der Waals surface area contributed by atoms with Crippen LogP contribution in [0.3, 0.4) is 0 Å². The molecule has 0 atom stereocenters. The van der Waals surface area contributed by atoms with Crippen LogP contribution in [0.1, 0.15) is 93.5 Å². The van der Waals surface area contributed by atoms with E-state index in [1.54, 1.807) is 6.33 Å². The summed E-state index contributed by atoms with van der Waals surface area (Å²) in [5, 5.41) is 13.4. The van der Waals surface area contributed by atoms with E-state index in [0.29, 0.717) is 18.3 Å². The normalized spacial score (nSPS) is 15.9. The third-order valence-corrected chi connectivity index (χ3v) is 7.76. The summed E-state index contributed by atoms with van der Waals surface area (Å²) in [5.74, 6) is 0.993. The molecule has 0 amide bonds. The highest BCUT2D eigenvalue weighted by Crippen LogP contribution is 2.40. The summed E-state index contributed by atoms with van der Waals surface area (Å²) < 4.78 is 1.92. The van der Waals surface area contributed by atoms with Gasteiger partial charge in [0.15, 0.2) is 5.65 Å². The quantitative estimate of drug-likeness (QED) is 0.327. The van der Waals surface area contributed by atoms with Crippen molar-refractivity contribution < 1.29 is 0 Å². The fraction of sp³-hybridized carbons (Fsp3) is 0.516. The Labute approximate surface area is 216 Å². The van der Waals surface area contributed by atoms with Crippen LogP contribution in [-0.2, 0) is 6.42 Å². The number of nitrogens with zero attached hydrogens (tertiary/aromatic N) is 5. The fourth-order valence-electron chi connectivity index (χ4n) is 5.83. The SMILES string of the molecule is CCC/C(=C(\c1cc(C2CCN(CCC#N)CC2)ccc1C)C(C)C)c1cn2ncnc2cc1CC. The molecule has 190 valence electrons. The molecule has 4 rings (SSSR count). The van der Waals surface area contributed by atoms with Crippen molar-refractivity contribution in [2.45, 2.75) is 79.1 Å². The Morgan fingerprint density at radius 3 is 2.58 bits per heavy atom. The molecule has 0 N–H and O–H groups in total. The molecule has 1 aromatic carbocycles. The first kappa shape index (κ1) is 26.1. The van der Waals surface area contributed by atoms with Crippen LogP contribution in [0, 0.1) is 24.2 Å². The van der Waals surface area contributed by atoms with Crippen LogP contribution >= 0.6 is 0 Å². The molecule has 5 nitrogen and oxygen atoms in total. The lowest BCUT2D eigenvalue weighted by atomic mass is 9.80. The molecule has 0 unspecified atom stereocenters. The Balaban J connectivity index is 1.78. The van der Waals surface area contributed by atoms with Crippen molar-refractivity contribution in [3.8, 4) is 6.07 Å². The van der Waals surface area contributed by atoms with Crippen molar-refractivity contribution in [2.24, 2.45) is 5.92 Å². The van der Waals surface area contributed by atoms with Crippen molar-refractivity contribution in [1.82, 2.24) is 19.5 Å². The van der Waals surface area contributed by atoms with E-state index in [-0.39, 0.29) is 0 Å². The van der Waals surface area contributed by atoms with E-state index in [4.69, 9.17) is 5.26 Å². The minimum atomic E-state index is 0.407. The standard InChI is InChI=1S/C31H41N5/c1-6-9-27(29-20-36-30(33-21-34-36)19-24(29)7-2)31(22(3)4)28-18-26(11-10-23(28)5)25-12-16-35(17-13-25)15-8-14-32/h10-11,18-22,25H,6-9,12-13,15-17H2,1-5H3/b31-27+. The Bertz CT molecular complexity index is 1250. The zero-order chi connectivity index (χ0) is 25.7. The third-order valence-electron chi connectivity index (χ3n) is 7.76. The van der Waals surface area contributed by atoms with Crippen molar-refractivity contribution in [3.05, 3.63) is 64.6 Å². The van der Waals surface area contributed by atoms with Gasteiger partial charge in [0.05, 0.1) is 6.07 Å². The summed E-state index contributed by atoms with van der Waals surface area (Å²) in [5.41, 5.74) is 10.7. The van der Waals surface area contributed by atoms with E-state index in [1.807, 2.05) is 4.52 Å². The minimum Gasteiger partial charge on any atom is -0.302 e. The lowest BCUT2D eigenvalue weighted by Gasteiger charge is -2.32. The zero-order valence-corrected chi connectivity index (χ0v) is 22.7. The molecule has 1 aliphatic rings. The average Bonchev–Trinajstić information content (AvgIpc) is 3.35. The number of aromatic nitrogens is 3. The van der Waals surface area contributed by atoms with E-state index < -0.39 is 0 Å². The van der Waals surface area contributed by atoms with Gasteiger partial charge in [-0.3, -0.25) is 0 Å². The molecular weight excluding hydrogens is 442 g/mol. The molecule has 0 spiro atoms. The van der Waals surface area contributed by atoms with Gasteiger partial charge in [-0.2, -0.15) is 10.4 Å². The maximum Gasteiger partial charge on any atom is 0.155 e. The second-order valence-corrected chi connectivity index (χ2v) is 10.5. The predicted molar refractivity (Wildman–Crippen MR) is 149 cm³/mol. The number of allylic oxidation sites excluding steroid dienone is 2. The molecule has 5 heteroatoms. The van der Waals surface area contributed by atoms with Crippen molar-refractivity contribution in [3.63, 3.8) is 0 Å². The molecule has 36 heavy (non-hydrogen) atoms. The van der Waals surface area contributed by atoms with Crippen LogP contribution in [0.25, 0.3) is 16.8 Å². The monoisotopic (exact) mass is 483 g/mol. The first-order valence-electron chi connectivity index (χ1n) is 13.7. The topological polar surface area (TPSA) is 57.2 Å². The van der Waals surface area contributed by atoms with Gasteiger partial charge in [0.2, 0.25) is 0 Å². The van der Waals surface area contributed by atoms with E-state index in [1.165, 1.54) is 51.8 Å². The molecule has 1 saturated heterocycles. The molecule has 0 bridgehead atoms. The molecular formula is C31H41N5. The molecule has 3 aromatic rings. The Kier molecular flexibility index (Phi) is 8.59. The first-order valence-corrected chi connectivity index (χ1v) is 13.7. The number of hydrogen-bond donors (Lipinski definition) is 0. The highest BCUT2D eigenvalue weighted by atomic mass is 15.3. The van der Waals surface area contributed by atoms with Crippen LogP contribution < -0.4 is 0 Å². The number of piperidine rings is 1. The number of rotatable bonds is 9. The van der Waals surface area contributed by atoms with E-state index in [2.05, 4.69) is 86.1 Å². The fourth-order valence-corrected chi connectivity index (χ4v) is 5.83. The molecule has 0 aliphatic carbocycles. The van der Waals surface area contributed by atoms with E-state index >= 15 is 0 Å². The number of hydrogen-bond acceptors (Lipinski definition) is 4. The zero-order valence-electron chi connectivity index (χ0n) is 22.7. The average molecular weight is 484 g/mol. The Morgan fingerprint density at radius 1 is 1.14 bits per heavy atom. The smallest absolute Gasteiger partial charge is 0.155 e. The van der Waals surface area contributed by atoms with Gasteiger partial charge in [0, 0.05) is 19.2 Å². The summed E-state index contributed by atoms with van der Waals surface area (Å²) in [7, 11) is 0. The molecule has 2 aromatic heterocycles. The lowest BCUT2D eigenvalue weighted by Crippen LogP contribution is -2.33. The van der Waals surface area contributed by atoms with Gasteiger partial charge < -0.3 is 4.90 Å². The summed E-state index contributed by atoms with van der Waals surface area (Å²) in [4.78, 5) is 6.87. The Morgan fingerprint density at radius 2 is 1.92 bits per heavy atom. The summed E-state index contributed by atoms with van der Waals surface area (Å²) in [6.07, 6.45) is 9.92. The third kappa shape index (κ3) is 5.55. The van der Waals surface area contributed by atoms with Gasteiger partial charge in [0.25, 0.3) is 0 Å². The Hall–Kier alpha value is -2.97. The second kappa shape index (κ2) is 11.8. The van der Waals surface area contributed by atoms with Gasteiger partial charge in [-0.1, -0.05) is 52.3 Å². The van der Waals surface area contributed by atoms with Gasteiger partial charge >= 0.3 is 0 Å². The number of nitriles is 1. The number of benzene rings is 1. The lowest BCUT2D eigenvalue weighted by molar-refractivity contribution is 0.216. The summed E-state index contributed by atoms with van der Waals surface area (Å²) in [6.45, 7) is 14.5. The van der Waals surface area contributed by atoms with Crippen molar-refractivity contribution in [1.29, 1.82) is 5.26 Å². The van der Waals surface area contributed by atoms with Crippen LogP contribution in [0.15, 0.2) is 36.8 Å². The maximum absolute atomic E-state index is 8.93. The van der Waals surface area contributed by atoms with Crippen LogP contribution in [0.4, 0.5) is 0 Å². The van der Waals surface area contributed by atoms with Crippen LogP contribution in [-0.4, -0.2) is 39.1 Å². The predicted octanol–water partition coefficient (Wildman–Crippen LogP) is 7.06. The minimum absolute atomic E-state index is 0.407. The van der Waals surface area contributed by atoms with Gasteiger partial charge in [-0.05, 0) is 103 Å².